The number of hydrogen-bond acceptors (Lipinski definition) is 5. The molecule has 1 fully saturated rings. The summed E-state index contributed by atoms with van der Waals surface area (Å²) in [6, 6.07) is 8.52. The molecule has 0 radical (unpaired) electrons. The van der Waals surface area contributed by atoms with Gasteiger partial charge in [-0.15, -0.1) is 24.0 Å². The molecule has 0 spiro atoms. The van der Waals surface area contributed by atoms with Gasteiger partial charge in [-0.3, -0.25) is 4.90 Å². The van der Waals surface area contributed by atoms with Crippen LogP contribution in [-0.2, 0) is 13.1 Å². The largest absolute Gasteiger partial charge is 0.435 e. The number of guanidine groups is 1. The van der Waals surface area contributed by atoms with Crippen molar-refractivity contribution in [3.05, 3.63) is 47.9 Å². The minimum atomic E-state index is -2.83. The minimum absolute atomic E-state index is 0. The van der Waals surface area contributed by atoms with Gasteiger partial charge in [-0.05, 0) is 24.6 Å². The van der Waals surface area contributed by atoms with Crippen molar-refractivity contribution in [3.63, 3.8) is 0 Å². The molecule has 0 amide bonds. The van der Waals surface area contributed by atoms with E-state index in [1.165, 1.54) is 6.07 Å². The van der Waals surface area contributed by atoms with E-state index in [4.69, 9.17) is 4.52 Å². The Kier molecular flexibility index (Phi) is 9.58. The van der Waals surface area contributed by atoms with Gasteiger partial charge in [0.15, 0.2) is 5.96 Å². The maximum atomic E-state index is 12.4. The molecule has 3 rings (SSSR count). The molecule has 2 heterocycles. The molecular formula is C19H26F2IN5O2. The lowest BCUT2D eigenvalue weighted by molar-refractivity contribution is -0.0498. The molecule has 10 heteroatoms. The lowest BCUT2D eigenvalue weighted by atomic mass is 10.2. The molecule has 1 saturated heterocycles. The van der Waals surface area contributed by atoms with E-state index >= 15 is 0 Å². The predicted octanol–water partition coefficient (Wildman–Crippen LogP) is 3.18. The van der Waals surface area contributed by atoms with Crippen LogP contribution in [-0.4, -0.2) is 60.3 Å². The monoisotopic (exact) mass is 521 g/mol. The van der Waals surface area contributed by atoms with E-state index in [9.17, 15) is 8.78 Å². The van der Waals surface area contributed by atoms with E-state index in [0.717, 1.165) is 56.5 Å². The Bertz CT molecular complexity index is 753. The zero-order valence-electron chi connectivity index (χ0n) is 16.3. The number of piperazine rings is 1. The zero-order valence-corrected chi connectivity index (χ0v) is 18.6. The lowest BCUT2D eigenvalue weighted by Crippen LogP contribution is -2.52. The molecule has 1 N–H and O–H groups in total. The fourth-order valence-corrected chi connectivity index (χ4v) is 3.08. The number of rotatable bonds is 7. The molecule has 29 heavy (non-hydrogen) atoms. The quantitative estimate of drug-likeness (QED) is 0.343. The molecule has 2 aromatic rings. The standard InChI is InChI=1S/C19H25F2N5O2.HI/c1-2-22-19(23-13-15-4-3-5-17(12-15)28-18(20)21)26-9-7-25(8-10-26)14-16-6-11-27-24-16;/h3-6,11-12,18H,2,7-10,13-14H2,1H3,(H,22,23);1H. The number of hydrogen-bond donors (Lipinski definition) is 1. The summed E-state index contributed by atoms with van der Waals surface area (Å²) in [4.78, 5) is 9.20. The summed E-state index contributed by atoms with van der Waals surface area (Å²) in [5.74, 6) is 0.970. The highest BCUT2D eigenvalue weighted by atomic mass is 127. The molecule has 1 aromatic heterocycles. The van der Waals surface area contributed by atoms with Gasteiger partial charge in [0.25, 0.3) is 0 Å². The van der Waals surface area contributed by atoms with Crippen LogP contribution in [0.1, 0.15) is 18.2 Å². The minimum Gasteiger partial charge on any atom is -0.435 e. The Hall–Kier alpha value is -1.95. The molecule has 1 aliphatic heterocycles. The highest BCUT2D eigenvalue weighted by Crippen LogP contribution is 2.17. The first-order valence-corrected chi connectivity index (χ1v) is 9.32. The number of ether oxygens (including phenoxy) is 1. The van der Waals surface area contributed by atoms with Gasteiger partial charge in [0.1, 0.15) is 12.0 Å². The first-order chi connectivity index (χ1) is 13.6. The molecule has 0 aliphatic carbocycles. The molecular weight excluding hydrogens is 495 g/mol. The van der Waals surface area contributed by atoms with Gasteiger partial charge in [-0.1, -0.05) is 17.3 Å². The van der Waals surface area contributed by atoms with Crippen molar-refractivity contribution in [2.24, 2.45) is 4.99 Å². The summed E-state index contributed by atoms with van der Waals surface area (Å²) < 4.78 is 34.1. The summed E-state index contributed by atoms with van der Waals surface area (Å²) in [7, 11) is 0. The molecule has 7 nitrogen and oxygen atoms in total. The van der Waals surface area contributed by atoms with Crippen LogP contribution in [0.15, 0.2) is 46.1 Å². The fourth-order valence-electron chi connectivity index (χ4n) is 3.08. The van der Waals surface area contributed by atoms with Crippen molar-refractivity contribution in [3.8, 4) is 5.75 Å². The number of aromatic nitrogens is 1. The van der Waals surface area contributed by atoms with Crippen molar-refractivity contribution < 1.29 is 18.0 Å². The third kappa shape index (κ3) is 7.42. The third-order valence-electron chi connectivity index (χ3n) is 4.42. The molecule has 0 atom stereocenters. The van der Waals surface area contributed by atoms with Crippen LogP contribution in [0.3, 0.4) is 0 Å². The van der Waals surface area contributed by atoms with Crippen molar-refractivity contribution in [2.75, 3.05) is 32.7 Å². The van der Waals surface area contributed by atoms with Crippen LogP contribution in [0, 0.1) is 0 Å². The highest BCUT2D eigenvalue weighted by molar-refractivity contribution is 14.0. The van der Waals surface area contributed by atoms with Crippen molar-refractivity contribution >= 4 is 29.9 Å². The van der Waals surface area contributed by atoms with Crippen LogP contribution < -0.4 is 10.1 Å². The Labute approximate surface area is 186 Å². The molecule has 160 valence electrons. The molecule has 1 aliphatic rings. The van der Waals surface area contributed by atoms with Gasteiger partial charge in [-0.25, -0.2) is 4.99 Å². The maximum Gasteiger partial charge on any atom is 0.387 e. The van der Waals surface area contributed by atoms with Crippen molar-refractivity contribution in [1.82, 2.24) is 20.3 Å². The number of nitrogens with one attached hydrogen (secondary N) is 1. The van der Waals surface area contributed by atoms with Crippen molar-refractivity contribution in [2.45, 2.75) is 26.6 Å². The summed E-state index contributed by atoms with van der Waals surface area (Å²) in [6.07, 6.45) is 1.59. The average Bonchev–Trinajstić information content (AvgIpc) is 3.19. The first kappa shape index (κ1) is 23.3. The number of nitrogens with zero attached hydrogens (tertiary/aromatic N) is 4. The van der Waals surface area contributed by atoms with E-state index in [-0.39, 0.29) is 29.7 Å². The molecule has 0 saturated carbocycles. The molecule has 1 aromatic carbocycles. The van der Waals surface area contributed by atoms with Crippen molar-refractivity contribution in [1.29, 1.82) is 0 Å². The fraction of sp³-hybridized carbons (Fsp3) is 0.474. The van der Waals surface area contributed by atoms with Gasteiger partial charge in [0, 0.05) is 45.3 Å². The summed E-state index contributed by atoms with van der Waals surface area (Å²) >= 11 is 0. The van der Waals surface area contributed by atoms with Gasteiger partial charge < -0.3 is 19.5 Å². The predicted molar refractivity (Wildman–Crippen MR) is 117 cm³/mol. The summed E-state index contributed by atoms with van der Waals surface area (Å²) in [6.45, 7) is 4.60. The van der Waals surface area contributed by atoms with Crippen LogP contribution in [0.2, 0.25) is 0 Å². The normalized spacial score (nSPS) is 15.3. The third-order valence-corrected chi connectivity index (χ3v) is 4.42. The van der Waals surface area contributed by atoms with Gasteiger partial charge in [0.05, 0.1) is 12.2 Å². The smallest absolute Gasteiger partial charge is 0.387 e. The number of halogens is 3. The van der Waals surface area contributed by atoms with Crippen LogP contribution in [0.5, 0.6) is 5.75 Å². The van der Waals surface area contributed by atoms with E-state index in [0.29, 0.717) is 6.54 Å². The van der Waals surface area contributed by atoms with Gasteiger partial charge in [-0.2, -0.15) is 8.78 Å². The summed E-state index contributed by atoms with van der Waals surface area (Å²) in [5, 5.41) is 7.27. The summed E-state index contributed by atoms with van der Waals surface area (Å²) in [5.41, 5.74) is 1.75. The number of alkyl halides is 2. The number of benzene rings is 1. The van der Waals surface area contributed by atoms with E-state index < -0.39 is 6.61 Å². The van der Waals surface area contributed by atoms with E-state index in [1.807, 2.05) is 19.1 Å². The van der Waals surface area contributed by atoms with Crippen LogP contribution >= 0.6 is 24.0 Å². The SMILES string of the molecule is CCNC(=NCc1cccc(OC(F)F)c1)N1CCN(Cc2ccon2)CC1.I. The van der Waals surface area contributed by atoms with Gasteiger partial charge in [0.2, 0.25) is 0 Å². The second-order valence-electron chi connectivity index (χ2n) is 6.45. The van der Waals surface area contributed by atoms with Crippen LogP contribution in [0.4, 0.5) is 8.78 Å². The number of aliphatic imine (C=N–C) groups is 1. The second kappa shape index (κ2) is 11.9. The maximum absolute atomic E-state index is 12.4. The first-order valence-electron chi connectivity index (χ1n) is 9.32. The molecule has 0 unspecified atom stereocenters. The Morgan fingerprint density at radius 1 is 1.28 bits per heavy atom. The van der Waals surface area contributed by atoms with E-state index in [1.54, 1.807) is 18.4 Å². The Morgan fingerprint density at radius 2 is 2.07 bits per heavy atom. The molecule has 0 bridgehead atoms. The second-order valence-corrected chi connectivity index (χ2v) is 6.45. The average molecular weight is 521 g/mol. The van der Waals surface area contributed by atoms with Gasteiger partial charge >= 0.3 is 6.61 Å². The van der Waals surface area contributed by atoms with E-state index in [2.05, 4.69) is 30.0 Å². The Balaban J connectivity index is 0.00000300. The van der Waals surface area contributed by atoms with Crippen LogP contribution in [0.25, 0.3) is 0 Å². The Morgan fingerprint density at radius 3 is 2.72 bits per heavy atom. The highest BCUT2D eigenvalue weighted by Gasteiger charge is 2.20. The lowest BCUT2D eigenvalue weighted by Gasteiger charge is -2.36. The zero-order chi connectivity index (χ0) is 19.8. The topological polar surface area (TPSA) is 66.1 Å².